The lowest BCUT2D eigenvalue weighted by Gasteiger charge is -2.04. The van der Waals surface area contributed by atoms with Crippen molar-refractivity contribution in [3.8, 4) is 5.75 Å². The average molecular weight is 202 g/mol. The summed E-state index contributed by atoms with van der Waals surface area (Å²) < 4.78 is 5.06. The van der Waals surface area contributed by atoms with Crippen LogP contribution in [0.5, 0.6) is 5.75 Å². The Balaban J connectivity index is 3.04. The van der Waals surface area contributed by atoms with Crippen LogP contribution in [-0.2, 0) is 0 Å². The van der Waals surface area contributed by atoms with Gasteiger partial charge in [-0.2, -0.15) is 0 Å². The summed E-state index contributed by atoms with van der Waals surface area (Å²) in [5.74, 6) is 0.0613. The normalized spacial score (nSPS) is 10.5. The van der Waals surface area contributed by atoms with Gasteiger partial charge < -0.3 is 9.52 Å². The second-order valence-corrected chi connectivity index (χ2v) is 3.33. The van der Waals surface area contributed by atoms with Crippen LogP contribution in [0.4, 0.5) is 0 Å². The fraction of sp³-hybridized carbons (Fsp3) is 0.0833. The number of hydrogen-bond acceptors (Lipinski definition) is 3. The van der Waals surface area contributed by atoms with Crippen molar-refractivity contribution < 1.29 is 9.52 Å². The van der Waals surface area contributed by atoms with E-state index >= 15 is 0 Å². The van der Waals surface area contributed by atoms with Gasteiger partial charge in [-0.25, -0.2) is 4.79 Å². The number of aromatic hydroxyl groups is 1. The van der Waals surface area contributed by atoms with Crippen LogP contribution in [0.25, 0.3) is 17.0 Å². The van der Waals surface area contributed by atoms with E-state index in [0.717, 1.165) is 10.9 Å². The molecule has 0 aliphatic heterocycles. The summed E-state index contributed by atoms with van der Waals surface area (Å²) >= 11 is 0. The molecule has 2 aromatic rings. The highest BCUT2D eigenvalue weighted by Gasteiger charge is 2.08. The van der Waals surface area contributed by atoms with Gasteiger partial charge in [0.2, 0.25) is 0 Å². The molecule has 0 radical (unpaired) electrons. The standard InChI is InChI=1S/C12H10O3/c1-3-8-10(13)5-4-9-7(2)6-11(14)15-12(8)9/h3-6,13H,1H2,2H3. The van der Waals surface area contributed by atoms with E-state index in [9.17, 15) is 9.90 Å². The van der Waals surface area contributed by atoms with Gasteiger partial charge in [-0.1, -0.05) is 12.7 Å². The maximum Gasteiger partial charge on any atom is 0.336 e. The van der Waals surface area contributed by atoms with Gasteiger partial charge >= 0.3 is 5.63 Å². The van der Waals surface area contributed by atoms with Crippen molar-refractivity contribution in [3.05, 3.63) is 46.3 Å². The number of phenols is 1. The second kappa shape index (κ2) is 3.28. The molecule has 0 saturated heterocycles. The minimum absolute atomic E-state index is 0.0613. The molecule has 76 valence electrons. The molecule has 0 atom stereocenters. The van der Waals surface area contributed by atoms with Crippen LogP contribution in [0, 0.1) is 6.92 Å². The van der Waals surface area contributed by atoms with Gasteiger partial charge in [-0.15, -0.1) is 0 Å². The van der Waals surface area contributed by atoms with E-state index in [-0.39, 0.29) is 5.75 Å². The van der Waals surface area contributed by atoms with E-state index in [1.54, 1.807) is 12.1 Å². The third kappa shape index (κ3) is 1.42. The molecule has 0 unspecified atom stereocenters. The number of hydrogen-bond donors (Lipinski definition) is 1. The maximum atomic E-state index is 11.2. The Labute approximate surface area is 86.3 Å². The van der Waals surface area contributed by atoms with E-state index in [2.05, 4.69) is 6.58 Å². The Morgan fingerprint density at radius 2 is 2.20 bits per heavy atom. The summed E-state index contributed by atoms with van der Waals surface area (Å²) in [6.45, 7) is 5.40. The Hall–Kier alpha value is -2.03. The maximum absolute atomic E-state index is 11.2. The fourth-order valence-electron chi connectivity index (χ4n) is 1.59. The van der Waals surface area contributed by atoms with E-state index in [1.807, 2.05) is 6.92 Å². The highest BCUT2D eigenvalue weighted by Crippen LogP contribution is 2.28. The third-order valence-corrected chi connectivity index (χ3v) is 2.34. The molecule has 0 spiro atoms. The summed E-state index contributed by atoms with van der Waals surface area (Å²) in [7, 11) is 0. The molecule has 1 aromatic carbocycles. The Morgan fingerprint density at radius 1 is 1.47 bits per heavy atom. The molecule has 15 heavy (non-hydrogen) atoms. The van der Waals surface area contributed by atoms with Gasteiger partial charge in [0.25, 0.3) is 0 Å². The zero-order valence-corrected chi connectivity index (χ0v) is 8.28. The molecular weight excluding hydrogens is 192 g/mol. The van der Waals surface area contributed by atoms with Gasteiger partial charge in [0.15, 0.2) is 0 Å². The zero-order chi connectivity index (χ0) is 11.0. The molecule has 0 bridgehead atoms. The lowest BCUT2D eigenvalue weighted by Crippen LogP contribution is -1.98. The van der Waals surface area contributed by atoms with E-state index in [1.165, 1.54) is 12.1 Å². The van der Waals surface area contributed by atoms with Crippen LogP contribution in [0.3, 0.4) is 0 Å². The average Bonchev–Trinajstić information content (AvgIpc) is 2.17. The molecule has 0 saturated carbocycles. The van der Waals surface area contributed by atoms with E-state index in [4.69, 9.17) is 4.42 Å². The van der Waals surface area contributed by atoms with Gasteiger partial charge in [-0.05, 0) is 24.6 Å². The first-order valence-corrected chi connectivity index (χ1v) is 4.52. The number of fused-ring (bicyclic) bond motifs is 1. The van der Waals surface area contributed by atoms with Gasteiger partial charge in [-0.3, -0.25) is 0 Å². The highest BCUT2D eigenvalue weighted by atomic mass is 16.4. The van der Waals surface area contributed by atoms with Crippen molar-refractivity contribution in [3.63, 3.8) is 0 Å². The number of benzene rings is 1. The quantitative estimate of drug-likeness (QED) is 0.722. The minimum Gasteiger partial charge on any atom is -0.507 e. The molecular formula is C12H10O3. The first-order chi connectivity index (χ1) is 7.13. The molecule has 0 aliphatic rings. The third-order valence-electron chi connectivity index (χ3n) is 2.34. The van der Waals surface area contributed by atoms with Crippen LogP contribution < -0.4 is 5.63 Å². The molecule has 0 amide bonds. The monoisotopic (exact) mass is 202 g/mol. The van der Waals surface area contributed by atoms with Gasteiger partial charge in [0.1, 0.15) is 11.3 Å². The van der Waals surface area contributed by atoms with Crippen LogP contribution in [-0.4, -0.2) is 5.11 Å². The lowest BCUT2D eigenvalue weighted by atomic mass is 10.1. The summed E-state index contributed by atoms with van der Waals surface area (Å²) in [6.07, 6.45) is 1.47. The molecule has 0 fully saturated rings. The van der Waals surface area contributed by atoms with Crippen molar-refractivity contribution in [1.82, 2.24) is 0 Å². The number of aryl methyl sites for hydroxylation is 1. The predicted molar refractivity (Wildman–Crippen MR) is 59.0 cm³/mol. The Bertz CT molecular complexity index is 594. The lowest BCUT2D eigenvalue weighted by molar-refractivity contribution is 0.471. The summed E-state index contributed by atoms with van der Waals surface area (Å²) in [4.78, 5) is 11.2. The largest absolute Gasteiger partial charge is 0.507 e. The summed E-state index contributed by atoms with van der Waals surface area (Å²) in [5, 5.41) is 10.4. The van der Waals surface area contributed by atoms with E-state index in [0.29, 0.717) is 11.1 Å². The molecule has 3 heteroatoms. The van der Waals surface area contributed by atoms with Gasteiger partial charge in [0, 0.05) is 11.5 Å². The summed E-state index contributed by atoms with van der Waals surface area (Å²) in [5.41, 5.74) is 1.24. The number of rotatable bonds is 1. The topological polar surface area (TPSA) is 50.4 Å². The molecule has 1 aromatic heterocycles. The smallest absolute Gasteiger partial charge is 0.336 e. The number of phenolic OH excluding ortho intramolecular Hbond substituents is 1. The first kappa shape index (κ1) is 9.52. The Kier molecular flexibility index (Phi) is 2.08. The highest BCUT2D eigenvalue weighted by molar-refractivity contribution is 5.89. The van der Waals surface area contributed by atoms with Crippen LogP contribution in [0.15, 0.2) is 34.0 Å². The fourth-order valence-corrected chi connectivity index (χ4v) is 1.59. The van der Waals surface area contributed by atoms with Crippen LogP contribution in [0.2, 0.25) is 0 Å². The van der Waals surface area contributed by atoms with Gasteiger partial charge in [0.05, 0.1) is 5.56 Å². The van der Waals surface area contributed by atoms with Crippen molar-refractivity contribution in [2.45, 2.75) is 6.92 Å². The van der Waals surface area contributed by atoms with E-state index < -0.39 is 5.63 Å². The van der Waals surface area contributed by atoms with Crippen molar-refractivity contribution in [2.75, 3.05) is 0 Å². The predicted octanol–water partition coefficient (Wildman–Crippen LogP) is 2.45. The van der Waals surface area contributed by atoms with Crippen molar-refractivity contribution >= 4 is 17.0 Å². The molecule has 3 nitrogen and oxygen atoms in total. The minimum atomic E-state index is -0.422. The Morgan fingerprint density at radius 3 is 2.87 bits per heavy atom. The second-order valence-electron chi connectivity index (χ2n) is 3.33. The molecule has 1 N–H and O–H groups in total. The van der Waals surface area contributed by atoms with Crippen molar-refractivity contribution in [1.29, 1.82) is 0 Å². The SMILES string of the molecule is C=Cc1c(O)ccc2c(C)cc(=O)oc12. The van der Waals surface area contributed by atoms with Crippen LogP contribution >= 0.6 is 0 Å². The first-order valence-electron chi connectivity index (χ1n) is 4.52. The summed E-state index contributed by atoms with van der Waals surface area (Å²) in [6, 6.07) is 4.70. The molecule has 1 heterocycles. The molecule has 0 aliphatic carbocycles. The van der Waals surface area contributed by atoms with Crippen molar-refractivity contribution in [2.24, 2.45) is 0 Å². The molecule has 2 rings (SSSR count). The zero-order valence-electron chi connectivity index (χ0n) is 8.28. The van der Waals surface area contributed by atoms with Crippen LogP contribution in [0.1, 0.15) is 11.1 Å².